The van der Waals surface area contributed by atoms with E-state index in [9.17, 15) is 14.4 Å². The van der Waals surface area contributed by atoms with E-state index in [1.807, 2.05) is 43.3 Å². The number of hydrogen-bond donors (Lipinski definition) is 2. The third-order valence-corrected chi connectivity index (χ3v) is 7.91. The van der Waals surface area contributed by atoms with E-state index in [-0.39, 0.29) is 23.5 Å². The molecule has 1 unspecified atom stereocenters. The number of esters is 1. The minimum absolute atomic E-state index is 0.162. The third kappa shape index (κ3) is 4.92. The molecule has 1 aliphatic heterocycles. The number of furan rings is 1. The first-order valence-corrected chi connectivity index (χ1v) is 13.5. The van der Waals surface area contributed by atoms with E-state index >= 15 is 0 Å². The van der Waals surface area contributed by atoms with Crippen LogP contribution in [0.15, 0.2) is 80.4 Å². The lowest BCUT2D eigenvalue weighted by molar-refractivity contribution is -0.139. The van der Waals surface area contributed by atoms with Gasteiger partial charge in [-0.2, -0.15) is 0 Å². The topological polar surface area (TPSA) is 115 Å². The van der Waals surface area contributed by atoms with E-state index in [2.05, 4.69) is 10.6 Å². The number of para-hydroxylation sites is 1. The molecule has 5 rings (SSSR count). The number of aromatic nitrogens is 2. The minimum Gasteiger partial charge on any atom is -0.467 e. The second kappa shape index (κ2) is 10.7. The zero-order chi connectivity index (χ0) is 25.9. The van der Waals surface area contributed by atoms with Crippen LogP contribution in [0, 0.1) is 0 Å². The molecular weight excluding hydrogens is 512 g/mol. The lowest BCUT2D eigenvalue weighted by Gasteiger charge is -2.27. The summed E-state index contributed by atoms with van der Waals surface area (Å²) in [5.41, 5.74) is 1.11. The monoisotopic (exact) mass is 536 g/mol. The molecular formula is C26H24N4O5S2. The van der Waals surface area contributed by atoms with Gasteiger partial charge in [0.1, 0.15) is 16.6 Å². The number of thioether (sulfide) groups is 1. The van der Waals surface area contributed by atoms with Crippen molar-refractivity contribution < 1.29 is 18.7 Å². The van der Waals surface area contributed by atoms with E-state index in [0.29, 0.717) is 32.5 Å². The van der Waals surface area contributed by atoms with Gasteiger partial charge in [-0.25, -0.2) is 14.6 Å². The quantitative estimate of drug-likeness (QED) is 0.193. The average molecular weight is 537 g/mol. The van der Waals surface area contributed by atoms with Gasteiger partial charge in [-0.15, -0.1) is 11.3 Å². The van der Waals surface area contributed by atoms with Crippen molar-refractivity contribution in [2.75, 3.05) is 12.4 Å². The van der Waals surface area contributed by atoms with Gasteiger partial charge in [-0.3, -0.25) is 9.36 Å². The van der Waals surface area contributed by atoms with E-state index in [1.165, 1.54) is 29.4 Å². The fourth-order valence-corrected chi connectivity index (χ4v) is 6.06. The van der Waals surface area contributed by atoms with E-state index in [4.69, 9.17) is 14.1 Å². The lowest BCUT2D eigenvalue weighted by Crippen LogP contribution is -2.46. The Morgan fingerprint density at radius 3 is 2.70 bits per heavy atom. The van der Waals surface area contributed by atoms with Gasteiger partial charge < -0.3 is 19.8 Å². The number of rotatable bonds is 8. The molecule has 0 bridgehead atoms. The summed E-state index contributed by atoms with van der Waals surface area (Å²) in [6, 6.07) is 13.3. The zero-order valence-corrected chi connectivity index (χ0v) is 21.8. The Morgan fingerprint density at radius 2 is 2.00 bits per heavy atom. The van der Waals surface area contributed by atoms with Gasteiger partial charge in [0.25, 0.3) is 5.56 Å². The van der Waals surface area contributed by atoms with Gasteiger partial charge >= 0.3 is 12.0 Å². The highest BCUT2D eigenvalue weighted by Crippen LogP contribution is 2.32. The summed E-state index contributed by atoms with van der Waals surface area (Å²) in [7, 11) is 0. The van der Waals surface area contributed by atoms with E-state index in [1.54, 1.807) is 23.6 Å². The van der Waals surface area contributed by atoms with Crippen LogP contribution in [0.3, 0.4) is 0 Å². The number of thiophene rings is 1. The van der Waals surface area contributed by atoms with Gasteiger partial charge in [0, 0.05) is 16.3 Å². The van der Waals surface area contributed by atoms with Crippen LogP contribution in [0.25, 0.3) is 15.9 Å². The van der Waals surface area contributed by atoms with Gasteiger partial charge in [-0.05, 0) is 43.7 Å². The van der Waals surface area contributed by atoms with Crippen molar-refractivity contribution in [2.24, 2.45) is 0 Å². The zero-order valence-electron chi connectivity index (χ0n) is 20.1. The normalized spacial score (nSPS) is 15.5. The maximum absolute atomic E-state index is 13.6. The number of carbonyl (C=O) groups excluding carboxylic acids is 2. The molecule has 1 atom stereocenters. The number of hydrogen-bond acceptors (Lipinski definition) is 8. The molecule has 9 nitrogen and oxygen atoms in total. The van der Waals surface area contributed by atoms with Crippen LogP contribution >= 0.6 is 23.1 Å². The Labute approximate surface area is 220 Å². The first-order chi connectivity index (χ1) is 18.0. The third-order valence-electron chi connectivity index (χ3n) is 5.77. The van der Waals surface area contributed by atoms with Gasteiger partial charge in [-0.1, -0.05) is 36.9 Å². The molecule has 4 heterocycles. The van der Waals surface area contributed by atoms with Crippen LogP contribution in [0.5, 0.6) is 0 Å². The highest BCUT2D eigenvalue weighted by molar-refractivity contribution is 7.99. The summed E-state index contributed by atoms with van der Waals surface area (Å²) in [6.07, 6.45) is 2.28. The summed E-state index contributed by atoms with van der Waals surface area (Å²) in [6.45, 7) is 3.92. The molecule has 0 radical (unpaired) electrons. The smallest absolute Gasteiger partial charge is 0.338 e. The molecule has 0 saturated carbocycles. The molecule has 0 saturated heterocycles. The molecule has 2 amide bonds. The molecule has 0 spiro atoms. The fraction of sp³-hybridized carbons (Fsp3) is 0.231. The van der Waals surface area contributed by atoms with E-state index in [0.717, 1.165) is 11.3 Å². The maximum atomic E-state index is 13.6. The molecule has 0 fully saturated rings. The summed E-state index contributed by atoms with van der Waals surface area (Å²) in [5, 5.41) is 6.50. The standard InChI is InChI=1S/C26H24N4O5S2/c1-3-16-13-17-22(37-16)29-26(30(23(17)31)15-9-6-5-7-10-15)36-14-18-20(24(32)34-4-2)21(28-25(33)27-18)19-11-8-12-35-19/h5-13,21H,3-4,14H2,1-2H3,(H2,27,28,33). The lowest BCUT2D eigenvalue weighted by atomic mass is 10.0. The molecule has 1 aliphatic rings. The number of ether oxygens (including phenoxy) is 1. The van der Waals surface area contributed by atoms with Crippen molar-refractivity contribution >= 4 is 45.3 Å². The van der Waals surface area contributed by atoms with Crippen molar-refractivity contribution in [1.29, 1.82) is 0 Å². The molecule has 4 aromatic rings. The van der Waals surface area contributed by atoms with Crippen molar-refractivity contribution in [3.8, 4) is 5.69 Å². The Kier molecular flexibility index (Phi) is 7.15. The molecule has 3 aromatic heterocycles. The Bertz CT molecular complexity index is 1540. The largest absolute Gasteiger partial charge is 0.467 e. The Morgan fingerprint density at radius 1 is 1.19 bits per heavy atom. The van der Waals surface area contributed by atoms with E-state index < -0.39 is 18.0 Å². The summed E-state index contributed by atoms with van der Waals surface area (Å²) in [5.74, 6) is 0.00350. The van der Waals surface area contributed by atoms with Crippen molar-refractivity contribution in [3.05, 3.63) is 87.1 Å². The second-order valence-corrected chi connectivity index (χ2v) is 10.2. The number of urea groups is 1. The van der Waals surface area contributed by atoms with Crippen LogP contribution in [-0.4, -0.2) is 33.9 Å². The summed E-state index contributed by atoms with van der Waals surface area (Å²) < 4.78 is 12.4. The number of benzene rings is 1. The highest BCUT2D eigenvalue weighted by atomic mass is 32.2. The maximum Gasteiger partial charge on any atom is 0.338 e. The number of nitrogens with zero attached hydrogens (tertiary/aromatic N) is 2. The average Bonchev–Trinajstić information content (AvgIpc) is 3.58. The number of nitrogens with one attached hydrogen (secondary N) is 2. The molecule has 190 valence electrons. The second-order valence-electron chi connectivity index (χ2n) is 8.10. The van der Waals surface area contributed by atoms with Gasteiger partial charge in [0.15, 0.2) is 5.16 Å². The fourth-order valence-electron chi connectivity index (χ4n) is 4.07. The van der Waals surface area contributed by atoms with Gasteiger partial charge in [0.05, 0.1) is 29.5 Å². The number of carbonyl (C=O) groups is 2. The highest BCUT2D eigenvalue weighted by Gasteiger charge is 2.35. The van der Waals surface area contributed by atoms with Crippen molar-refractivity contribution in [2.45, 2.75) is 31.5 Å². The number of amides is 2. The first kappa shape index (κ1) is 24.8. The molecule has 0 aliphatic carbocycles. The van der Waals surface area contributed by atoms with Crippen LogP contribution in [0.4, 0.5) is 4.79 Å². The first-order valence-electron chi connectivity index (χ1n) is 11.7. The SMILES string of the molecule is CCOC(=O)C1=C(CSc2nc3sc(CC)cc3c(=O)n2-c2ccccc2)NC(=O)NC1c1ccco1. The van der Waals surface area contributed by atoms with Crippen LogP contribution in [0.2, 0.25) is 0 Å². The molecule has 1 aromatic carbocycles. The van der Waals surface area contributed by atoms with Crippen LogP contribution in [-0.2, 0) is 16.0 Å². The number of fused-ring (bicyclic) bond motifs is 1. The van der Waals surface area contributed by atoms with Crippen molar-refractivity contribution in [1.82, 2.24) is 20.2 Å². The van der Waals surface area contributed by atoms with Gasteiger partial charge in [0.2, 0.25) is 0 Å². The number of aryl methyl sites for hydroxylation is 1. The summed E-state index contributed by atoms with van der Waals surface area (Å²) in [4.78, 5) is 45.7. The van der Waals surface area contributed by atoms with Crippen LogP contribution in [0.1, 0.15) is 30.5 Å². The molecule has 2 N–H and O–H groups in total. The Balaban J connectivity index is 1.60. The molecule has 11 heteroatoms. The predicted octanol–water partition coefficient (Wildman–Crippen LogP) is 4.57. The van der Waals surface area contributed by atoms with Crippen LogP contribution < -0.4 is 16.2 Å². The predicted molar refractivity (Wildman–Crippen MR) is 142 cm³/mol. The Hall–Kier alpha value is -3.83. The van der Waals surface area contributed by atoms with Crippen molar-refractivity contribution in [3.63, 3.8) is 0 Å². The molecule has 37 heavy (non-hydrogen) atoms. The minimum atomic E-state index is -0.811. The summed E-state index contributed by atoms with van der Waals surface area (Å²) >= 11 is 2.74.